The molecular formula is C13H24N6O. The molecule has 1 rings (SSSR count). The lowest BCUT2D eigenvalue weighted by atomic mass is 10.0. The van der Waals surface area contributed by atoms with Gasteiger partial charge in [-0.15, -0.1) is 0 Å². The number of aliphatic imine (C=N–C) groups is 1. The van der Waals surface area contributed by atoms with Crippen molar-refractivity contribution in [3.63, 3.8) is 0 Å². The van der Waals surface area contributed by atoms with E-state index in [4.69, 9.17) is 22.5 Å². The number of guanidine groups is 1. The van der Waals surface area contributed by atoms with Gasteiger partial charge in [0.15, 0.2) is 5.96 Å². The predicted octanol–water partition coefficient (Wildman–Crippen LogP) is -0.338. The van der Waals surface area contributed by atoms with E-state index in [-0.39, 0.29) is 17.9 Å². The molecule has 0 aromatic carbocycles. The highest BCUT2D eigenvalue weighted by Crippen LogP contribution is 2.18. The third kappa shape index (κ3) is 5.05. The van der Waals surface area contributed by atoms with Crippen LogP contribution in [0.4, 0.5) is 0 Å². The minimum Gasteiger partial charge on any atom is -0.370 e. The number of hydrogen-bond donors (Lipinski definition) is 3. The van der Waals surface area contributed by atoms with E-state index in [2.05, 4.69) is 11.1 Å². The maximum absolute atomic E-state index is 12.2. The summed E-state index contributed by atoms with van der Waals surface area (Å²) in [6.45, 7) is 1.19. The molecule has 0 bridgehead atoms. The number of likely N-dealkylation sites (tertiary alicyclic amines) is 1. The van der Waals surface area contributed by atoms with E-state index in [0.717, 1.165) is 32.1 Å². The third-order valence-corrected chi connectivity index (χ3v) is 3.47. The molecule has 2 atom stereocenters. The van der Waals surface area contributed by atoms with Crippen molar-refractivity contribution in [1.29, 1.82) is 5.26 Å². The normalized spacial score (nSPS) is 20.0. The summed E-state index contributed by atoms with van der Waals surface area (Å²) in [5.41, 5.74) is 16.4. The number of nitrogens with two attached hydrogens (primary N) is 3. The van der Waals surface area contributed by atoms with E-state index in [0.29, 0.717) is 19.5 Å². The van der Waals surface area contributed by atoms with E-state index in [9.17, 15) is 4.79 Å². The molecule has 0 aromatic heterocycles. The highest BCUT2D eigenvalue weighted by atomic mass is 16.2. The molecule has 0 aliphatic carbocycles. The van der Waals surface area contributed by atoms with E-state index in [1.165, 1.54) is 0 Å². The molecule has 6 N–H and O–H groups in total. The molecule has 0 saturated carbocycles. The van der Waals surface area contributed by atoms with E-state index in [1.54, 1.807) is 4.90 Å². The zero-order valence-corrected chi connectivity index (χ0v) is 11.8. The fourth-order valence-corrected chi connectivity index (χ4v) is 2.35. The highest BCUT2D eigenvalue weighted by molar-refractivity contribution is 5.82. The molecule has 7 heteroatoms. The van der Waals surface area contributed by atoms with Gasteiger partial charge in [-0.2, -0.15) is 5.26 Å². The first kappa shape index (κ1) is 16.2. The van der Waals surface area contributed by atoms with E-state index in [1.807, 2.05) is 0 Å². The molecule has 2 unspecified atom stereocenters. The minimum absolute atomic E-state index is 0.0792. The SMILES string of the molecule is N#CC1CCCCN1C(=O)C(N)CCCCN=C(N)N. The van der Waals surface area contributed by atoms with Gasteiger partial charge in [-0.3, -0.25) is 9.79 Å². The lowest BCUT2D eigenvalue weighted by molar-refractivity contribution is -0.135. The first-order valence-electron chi connectivity index (χ1n) is 7.07. The van der Waals surface area contributed by atoms with Crippen LogP contribution >= 0.6 is 0 Å². The van der Waals surface area contributed by atoms with Crippen LogP contribution in [0.3, 0.4) is 0 Å². The Labute approximate surface area is 119 Å². The maximum atomic E-state index is 12.2. The largest absolute Gasteiger partial charge is 0.370 e. The van der Waals surface area contributed by atoms with Crippen LogP contribution in [-0.2, 0) is 4.79 Å². The van der Waals surface area contributed by atoms with Crippen LogP contribution in [0.1, 0.15) is 38.5 Å². The fourth-order valence-electron chi connectivity index (χ4n) is 2.35. The minimum atomic E-state index is -0.539. The molecule has 1 heterocycles. The van der Waals surface area contributed by atoms with Gasteiger partial charge in [0.2, 0.25) is 5.91 Å². The molecule has 1 saturated heterocycles. The zero-order valence-electron chi connectivity index (χ0n) is 11.8. The molecule has 1 aliphatic heterocycles. The number of carbonyl (C=O) groups excluding carboxylic acids is 1. The second kappa shape index (κ2) is 8.38. The number of piperidine rings is 1. The molecule has 0 aromatic rings. The third-order valence-electron chi connectivity index (χ3n) is 3.47. The predicted molar refractivity (Wildman–Crippen MR) is 77.5 cm³/mol. The zero-order chi connectivity index (χ0) is 15.0. The monoisotopic (exact) mass is 280 g/mol. The Morgan fingerprint density at radius 3 is 2.80 bits per heavy atom. The Morgan fingerprint density at radius 2 is 2.15 bits per heavy atom. The molecule has 0 spiro atoms. The van der Waals surface area contributed by atoms with Gasteiger partial charge in [0, 0.05) is 13.1 Å². The molecule has 7 nitrogen and oxygen atoms in total. The molecule has 112 valence electrons. The average molecular weight is 280 g/mol. The summed E-state index contributed by atoms with van der Waals surface area (Å²) in [5.74, 6) is -0.0337. The number of hydrogen-bond acceptors (Lipinski definition) is 4. The number of amides is 1. The van der Waals surface area contributed by atoms with E-state index >= 15 is 0 Å². The van der Waals surface area contributed by atoms with Crippen LogP contribution in [0.2, 0.25) is 0 Å². The quantitative estimate of drug-likeness (QED) is 0.347. The number of nitrogens with zero attached hydrogens (tertiary/aromatic N) is 3. The molecular weight excluding hydrogens is 256 g/mol. The van der Waals surface area contributed by atoms with Crippen LogP contribution in [-0.4, -0.2) is 41.9 Å². The first-order valence-corrected chi connectivity index (χ1v) is 7.07. The Bertz CT molecular complexity index is 385. The summed E-state index contributed by atoms with van der Waals surface area (Å²) >= 11 is 0. The summed E-state index contributed by atoms with van der Waals surface area (Å²) in [4.78, 5) is 17.7. The van der Waals surface area contributed by atoms with Crippen LogP contribution in [0, 0.1) is 11.3 Å². The van der Waals surface area contributed by atoms with Crippen LogP contribution < -0.4 is 17.2 Å². The average Bonchev–Trinajstić information content (AvgIpc) is 2.45. The first-order chi connectivity index (χ1) is 9.56. The van der Waals surface area contributed by atoms with Crippen molar-refractivity contribution < 1.29 is 4.79 Å². The number of unbranched alkanes of at least 4 members (excludes halogenated alkanes) is 1. The molecule has 1 aliphatic rings. The van der Waals surface area contributed by atoms with Crippen LogP contribution in [0.15, 0.2) is 4.99 Å². The van der Waals surface area contributed by atoms with Crippen molar-refractivity contribution in [2.24, 2.45) is 22.2 Å². The van der Waals surface area contributed by atoms with Crippen molar-refractivity contribution in [1.82, 2.24) is 4.90 Å². The molecule has 0 radical (unpaired) electrons. The fraction of sp³-hybridized carbons (Fsp3) is 0.769. The van der Waals surface area contributed by atoms with Crippen molar-refractivity contribution in [2.45, 2.75) is 50.6 Å². The van der Waals surface area contributed by atoms with Crippen LogP contribution in [0.5, 0.6) is 0 Å². The lowest BCUT2D eigenvalue weighted by Crippen LogP contribution is -2.50. The highest BCUT2D eigenvalue weighted by Gasteiger charge is 2.29. The lowest BCUT2D eigenvalue weighted by Gasteiger charge is -2.33. The Hall–Kier alpha value is -1.81. The molecule has 20 heavy (non-hydrogen) atoms. The smallest absolute Gasteiger partial charge is 0.240 e. The van der Waals surface area contributed by atoms with Crippen molar-refractivity contribution in [3.05, 3.63) is 0 Å². The van der Waals surface area contributed by atoms with Gasteiger partial charge in [0.05, 0.1) is 12.1 Å². The summed E-state index contributed by atoms with van der Waals surface area (Å²) in [7, 11) is 0. The second-order valence-corrected chi connectivity index (χ2v) is 5.08. The Morgan fingerprint density at radius 1 is 1.40 bits per heavy atom. The number of rotatable bonds is 6. The molecule has 1 amide bonds. The van der Waals surface area contributed by atoms with Gasteiger partial charge in [-0.25, -0.2) is 0 Å². The number of carbonyl (C=O) groups is 1. The topological polar surface area (TPSA) is 135 Å². The van der Waals surface area contributed by atoms with Crippen molar-refractivity contribution in [3.8, 4) is 6.07 Å². The van der Waals surface area contributed by atoms with Gasteiger partial charge < -0.3 is 22.1 Å². The van der Waals surface area contributed by atoms with Gasteiger partial charge in [0.25, 0.3) is 0 Å². The van der Waals surface area contributed by atoms with Crippen molar-refractivity contribution >= 4 is 11.9 Å². The van der Waals surface area contributed by atoms with Gasteiger partial charge in [-0.1, -0.05) is 0 Å². The summed E-state index contributed by atoms with van der Waals surface area (Å²) in [5, 5.41) is 9.07. The summed E-state index contributed by atoms with van der Waals surface area (Å²) in [6.07, 6.45) is 4.86. The van der Waals surface area contributed by atoms with Gasteiger partial charge in [0.1, 0.15) is 6.04 Å². The standard InChI is InChI=1S/C13H24N6O/c14-9-10-5-2-4-8-19(10)12(20)11(15)6-1-3-7-18-13(16)17/h10-11H,1-8,15H2,(H4,16,17,18). The van der Waals surface area contributed by atoms with Crippen molar-refractivity contribution in [2.75, 3.05) is 13.1 Å². The van der Waals surface area contributed by atoms with Gasteiger partial charge >= 0.3 is 0 Å². The van der Waals surface area contributed by atoms with Crippen LogP contribution in [0.25, 0.3) is 0 Å². The number of nitriles is 1. The Kier molecular flexibility index (Phi) is 6.81. The maximum Gasteiger partial charge on any atom is 0.240 e. The summed E-state index contributed by atoms with van der Waals surface area (Å²) in [6, 6.07) is 1.33. The van der Waals surface area contributed by atoms with E-state index < -0.39 is 6.04 Å². The second-order valence-electron chi connectivity index (χ2n) is 5.08. The van der Waals surface area contributed by atoms with Gasteiger partial charge in [-0.05, 0) is 38.5 Å². The molecule has 1 fully saturated rings. The Balaban J connectivity index is 2.34. The summed E-state index contributed by atoms with van der Waals surface area (Å²) < 4.78 is 0.